The molecule has 0 radical (unpaired) electrons. The molecule has 0 atom stereocenters. The number of carbonyl (C=O) groups excluding carboxylic acids is 1. The van der Waals surface area contributed by atoms with E-state index in [0.717, 1.165) is 0 Å². The van der Waals surface area contributed by atoms with Gasteiger partial charge in [-0.25, -0.2) is 0 Å². The SMILES string of the molecule is COc1cc(C(=O)N2CC[S+](c3c([O-])c4ccccc4[nH]c3=O)CC2)cc(OC)c1OC. The summed E-state index contributed by atoms with van der Waals surface area (Å²) in [4.78, 5) is 30.6. The number of methoxy groups -OCH3 is 3. The molecule has 1 saturated heterocycles. The number of fused-ring (bicyclic) bond motifs is 1. The van der Waals surface area contributed by atoms with E-state index in [1.54, 1.807) is 41.3 Å². The van der Waals surface area contributed by atoms with Crippen LogP contribution in [0.15, 0.2) is 46.1 Å². The summed E-state index contributed by atoms with van der Waals surface area (Å²) in [5.41, 5.74) is 0.641. The lowest BCUT2D eigenvalue weighted by atomic mass is 10.1. The Morgan fingerprint density at radius 3 is 2.25 bits per heavy atom. The summed E-state index contributed by atoms with van der Waals surface area (Å²) < 4.78 is 16.0. The molecule has 1 fully saturated rings. The molecule has 1 amide bonds. The highest BCUT2D eigenvalue weighted by molar-refractivity contribution is 7.97. The number of benzene rings is 2. The largest absolute Gasteiger partial charge is 0.868 e. The number of nitrogens with zero attached hydrogens (tertiary/aromatic N) is 1. The molecular weight excluding hydrogens is 432 g/mol. The molecule has 4 rings (SSSR count). The third-order valence-electron chi connectivity index (χ3n) is 5.54. The lowest BCUT2D eigenvalue weighted by molar-refractivity contribution is -0.270. The van der Waals surface area contributed by atoms with Gasteiger partial charge in [-0.2, -0.15) is 0 Å². The number of H-pyrrole nitrogens is 1. The van der Waals surface area contributed by atoms with Crippen LogP contribution in [0.5, 0.6) is 23.0 Å². The van der Waals surface area contributed by atoms with Crippen LogP contribution >= 0.6 is 0 Å². The van der Waals surface area contributed by atoms with Gasteiger partial charge >= 0.3 is 5.56 Å². The average Bonchev–Trinajstić information content (AvgIpc) is 2.83. The molecule has 0 saturated carbocycles. The second-order valence-electron chi connectivity index (χ2n) is 7.27. The molecule has 9 heteroatoms. The zero-order valence-electron chi connectivity index (χ0n) is 18.1. The molecule has 1 N–H and O–H groups in total. The summed E-state index contributed by atoms with van der Waals surface area (Å²) in [6, 6.07) is 10.3. The standard InChI is InChI=1S/C23H24N2O6S/c1-29-17-12-14(13-18(30-2)20(17)31-3)23(28)25-8-10-32(11-9-25)21-19(26)15-6-4-5-7-16(15)24-22(21)27/h4-7,12-13H,8-11H2,1-3H3,(H-,24,26,27). The normalized spacial score (nSPS) is 14.4. The van der Waals surface area contributed by atoms with Gasteiger partial charge in [0.1, 0.15) is 11.5 Å². The minimum atomic E-state index is -0.517. The number of hydrogen-bond donors (Lipinski definition) is 1. The van der Waals surface area contributed by atoms with Crippen molar-refractivity contribution in [2.24, 2.45) is 0 Å². The first kappa shape index (κ1) is 21.9. The van der Waals surface area contributed by atoms with Gasteiger partial charge in [-0.15, -0.1) is 0 Å². The van der Waals surface area contributed by atoms with E-state index in [9.17, 15) is 14.7 Å². The first-order chi connectivity index (χ1) is 15.5. The van der Waals surface area contributed by atoms with Gasteiger partial charge in [-0.1, -0.05) is 18.2 Å². The summed E-state index contributed by atoms with van der Waals surface area (Å²) in [5.74, 6) is 1.99. The number of aromatic amines is 1. The monoisotopic (exact) mass is 456 g/mol. The second kappa shape index (κ2) is 9.04. The quantitative estimate of drug-likeness (QED) is 0.587. The van der Waals surface area contributed by atoms with Crippen LogP contribution in [0.1, 0.15) is 10.4 Å². The van der Waals surface area contributed by atoms with E-state index in [1.165, 1.54) is 21.3 Å². The van der Waals surface area contributed by atoms with Crippen LogP contribution < -0.4 is 24.9 Å². The highest BCUT2D eigenvalue weighted by Crippen LogP contribution is 2.38. The van der Waals surface area contributed by atoms with Crippen LogP contribution in [0.25, 0.3) is 10.9 Å². The Hall–Kier alpha value is -3.33. The van der Waals surface area contributed by atoms with Crippen LogP contribution in [0, 0.1) is 0 Å². The molecule has 8 nitrogen and oxygen atoms in total. The van der Waals surface area contributed by atoms with Gasteiger partial charge in [0, 0.05) is 22.0 Å². The molecule has 0 bridgehead atoms. The molecule has 1 aliphatic heterocycles. The second-order valence-corrected chi connectivity index (χ2v) is 9.48. The van der Waals surface area contributed by atoms with Gasteiger partial charge in [0.2, 0.25) is 10.6 Å². The lowest BCUT2D eigenvalue weighted by Gasteiger charge is -2.28. The van der Waals surface area contributed by atoms with E-state index in [1.807, 2.05) is 0 Å². The number of aromatic nitrogens is 1. The number of nitrogens with one attached hydrogen (secondary N) is 1. The van der Waals surface area contributed by atoms with Crippen molar-refractivity contribution in [1.29, 1.82) is 0 Å². The van der Waals surface area contributed by atoms with E-state index >= 15 is 0 Å². The summed E-state index contributed by atoms with van der Waals surface area (Å²) in [6.07, 6.45) is 0. The number of rotatable bonds is 5. The van der Waals surface area contributed by atoms with Crippen molar-refractivity contribution in [1.82, 2.24) is 9.88 Å². The molecule has 1 aliphatic rings. The summed E-state index contributed by atoms with van der Waals surface area (Å²) in [5, 5.41) is 13.5. The molecule has 0 aliphatic carbocycles. The summed E-state index contributed by atoms with van der Waals surface area (Å²) in [6.45, 7) is 0.897. The minimum Gasteiger partial charge on any atom is -0.868 e. The van der Waals surface area contributed by atoms with Crippen molar-refractivity contribution in [2.75, 3.05) is 45.9 Å². The van der Waals surface area contributed by atoms with E-state index < -0.39 is 10.9 Å². The van der Waals surface area contributed by atoms with Crippen molar-refractivity contribution in [3.8, 4) is 23.0 Å². The van der Waals surface area contributed by atoms with Crippen molar-refractivity contribution >= 4 is 27.7 Å². The minimum absolute atomic E-state index is 0.165. The number of ether oxygens (including phenoxy) is 3. The van der Waals surface area contributed by atoms with Crippen LogP contribution in [-0.2, 0) is 10.9 Å². The Morgan fingerprint density at radius 2 is 1.66 bits per heavy atom. The van der Waals surface area contributed by atoms with E-state index in [4.69, 9.17) is 14.2 Å². The molecular formula is C23H24N2O6S. The number of para-hydroxylation sites is 1. The predicted octanol–water partition coefficient (Wildman–Crippen LogP) is 1.76. The highest BCUT2D eigenvalue weighted by Gasteiger charge is 2.34. The van der Waals surface area contributed by atoms with Gasteiger partial charge in [0.15, 0.2) is 11.5 Å². The van der Waals surface area contributed by atoms with Crippen LogP contribution in [0.4, 0.5) is 0 Å². The maximum atomic E-state index is 13.1. The molecule has 2 aromatic carbocycles. The smallest absolute Gasteiger partial charge is 0.303 e. The highest BCUT2D eigenvalue weighted by atomic mass is 32.2. The first-order valence-corrected chi connectivity index (χ1v) is 11.6. The zero-order chi connectivity index (χ0) is 22.8. The molecule has 0 spiro atoms. The third kappa shape index (κ3) is 3.84. The van der Waals surface area contributed by atoms with E-state index in [2.05, 4.69) is 4.98 Å². The van der Waals surface area contributed by atoms with Crippen LogP contribution in [0.3, 0.4) is 0 Å². The van der Waals surface area contributed by atoms with Crippen molar-refractivity contribution in [3.63, 3.8) is 0 Å². The lowest BCUT2D eigenvalue weighted by Crippen LogP contribution is -2.45. The number of carbonyl (C=O) groups is 1. The molecule has 32 heavy (non-hydrogen) atoms. The number of hydrogen-bond acceptors (Lipinski definition) is 6. The topological polar surface area (TPSA) is 104 Å². The maximum absolute atomic E-state index is 13.1. The Kier molecular flexibility index (Phi) is 6.18. The Labute approximate surface area is 188 Å². The number of pyridine rings is 1. The molecule has 0 unspecified atom stereocenters. The van der Waals surface area contributed by atoms with Gasteiger partial charge < -0.3 is 29.2 Å². The summed E-state index contributed by atoms with van der Waals surface area (Å²) in [7, 11) is 3.99. The van der Waals surface area contributed by atoms with Gasteiger partial charge in [0.05, 0.1) is 34.4 Å². The molecule has 1 aromatic heterocycles. The predicted molar refractivity (Wildman–Crippen MR) is 121 cm³/mol. The molecule has 2 heterocycles. The average molecular weight is 457 g/mol. The van der Waals surface area contributed by atoms with Gasteiger partial charge in [-0.05, 0) is 29.3 Å². The fourth-order valence-corrected chi connectivity index (χ4v) is 6.09. The van der Waals surface area contributed by atoms with Crippen molar-refractivity contribution in [2.45, 2.75) is 4.90 Å². The Morgan fingerprint density at radius 1 is 1.03 bits per heavy atom. The molecule has 3 aromatic rings. The van der Waals surface area contributed by atoms with Gasteiger partial charge in [-0.3, -0.25) is 9.59 Å². The van der Waals surface area contributed by atoms with Gasteiger partial charge in [0.25, 0.3) is 5.91 Å². The van der Waals surface area contributed by atoms with Crippen molar-refractivity contribution < 1.29 is 24.1 Å². The Balaban J connectivity index is 1.55. The first-order valence-electron chi connectivity index (χ1n) is 10.1. The number of amides is 1. The summed E-state index contributed by atoms with van der Waals surface area (Å²) >= 11 is 0. The fraction of sp³-hybridized carbons (Fsp3) is 0.304. The van der Waals surface area contributed by atoms with Crippen LogP contribution in [0.2, 0.25) is 0 Å². The van der Waals surface area contributed by atoms with E-state index in [0.29, 0.717) is 63.2 Å². The van der Waals surface area contributed by atoms with Crippen molar-refractivity contribution in [3.05, 3.63) is 52.3 Å². The Bertz CT molecular complexity index is 1190. The van der Waals surface area contributed by atoms with E-state index in [-0.39, 0.29) is 17.2 Å². The third-order valence-corrected chi connectivity index (χ3v) is 7.83. The van der Waals surface area contributed by atoms with Crippen LogP contribution in [-0.4, -0.2) is 61.7 Å². The zero-order valence-corrected chi connectivity index (χ0v) is 18.9. The maximum Gasteiger partial charge on any atom is 0.303 e. The molecule has 168 valence electrons. The fourth-order valence-electron chi connectivity index (χ4n) is 3.91.